The largest absolute Gasteiger partial charge is 0.484 e. The van der Waals surface area contributed by atoms with Crippen LogP contribution in [0.25, 0.3) is 0 Å². The van der Waals surface area contributed by atoms with Crippen molar-refractivity contribution in [2.75, 3.05) is 11.9 Å². The summed E-state index contributed by atoms with van der Waals surface area (Å²) < 4.78 is 18.9. The van der Waals surface area contributed by atoms with Crippen molar-refractivity contribution >= 4 is 45.8 Å². The molecule has 0 spiro atoms. The molecule has 0 saturated carbocycles. The van der Waals surface area contributed by atoms with Gasteiger partial charge in [0.15, 0.2) is 6.61 Å². The number of hydrogen-bond acceptors (Lipinski definition) is 2. The van der Waals surface area contributed by atoms with Gasteiger partial charge >= 0.3 is 0 Å². The van der Waals surface area contributed by atoms with Crippen LogP contribution in [-0.4, -0.2) is 12.5 Å². The Morgan fingerprint density at radius 3 is 2.60 bits per heavy atom. The molecule has 0 aliphatic carbocycles. The first kappa shape index (κ1) is 15.1. The van der Waals surface area contributed by atoms with Gasteiger partial charge in [-0.15, -0.1) is 0 Å². The van der Waals surface area contributed by atoms with Gasteiger partial charge < -0.3 is 10.1 Å². The first-order valence-corrected chi connectivity index (χ1v) is 7.13. The Labute approximate surface area is 134 Å². The SMILES string of the molecule is O=C(COc1ccc(Cl)cc1)Nc1ccc(F)cc1I. The number of halogens is 3. The number of hydrogen-bond donors (Lipinski definition) is 1. The summed E-state index contributed by atoms with van der Waals surface area (Å²) in [5, 5.41) is 3.25. The number of nitrogens with one attached hydrogen (secondary N) is 1. The molecule has 0 heterocycles. The molecule has 0 aromatic heterocycles. The number of anilines is 1. The standard InChI is InChI=1S/C14H10ClFINO2/c15-9-1-4-11(5-2-9)20-8-14(19)18-13-6-3-10(16)7-12(13)17/h1-7H,8H2,(H,18,19). The zero-order valence-corrected chi connectivity index (χ0v) is 13.1. The Bertz CT molecular complexity index is 619. The van der Waals surface area contributed by atoms with Crippen LogP contribution >= 0.6 is 34.2 Å². The van der Waals surface area contributed by atoms with Gasteiger partial charge in [-0.1, -0.05) is 11.6 Å². The summed E-state index contributed by atoms with van der Waals surface area (Å²) in [6.07, 6.45) is 0. The molecule has 0 saturated heterocycles. The molecule has 0 unspecified atom stereocenters. The van der Waals surface area contributed by atoms with Crippen molar-refractivity contribution in [3.8, 4) is 5.75 Å². The number of ether oxygens (including phenoxy) is 1. The van der Waals surface area contributed by atoms with Crippen LogP contribution in [0.15, 0.2) is 42.5 Å². The number of carbonyl (C=O) groups excluding carboxylic acids is 1. The molecule has 104 valence electrons. The smallest absolute Gasteiger partial charge is 0.262 e. The van der Waals surface area contributed by atoms with E-state index in [4.69, 9.17) is 16.3 Å². The molecule has 2 aromatic carbocycles. The monoisotopic (exact) mass is 405 g/mol. The van der Waals surface area contributed by atoms with Crippen LogP contribution in [0.2, 0.25) is 5.02 Å². The first-order valence-electron chi connectivity index (χ1n) is 5.68. The van der Waals surface area contributed by atoms with Gasteiger partial charge in [0.1, 0.15) is 11.6 Å². The predicted molar refractivity (Wildman–Crippen MR) is 84.7 cm³/mol. The number of amides is 1. The molecule has 2 aromatic rings. The maximum absolute atomic E-state index is 12.9. The lowest BCUT2D eigenvalue weighted by Gasteiger charge is -2.09. The molecule has 1 amide bonds. The van der Waals surface area contributed by atoms with Gasteiger partial charge in [-0.25, -0.2) is 4.39 Å². The highest BCUT2D eigenvalue weighted by atomic mass is 127. The minimum Gasteiger partial charge on any atom is -0.484 e. The molecule has 0 atom stereocenters. The van der Waals surface area contributed by atoms with Crippen LogP contribution in [0.1, 0.15) is 0 Å². The first-order chi connectivity index (χ1) is 9.54. The van der Waals surface area contributed by atoms with Gasteiger partial charge in [0.25, 0.3) is 5.91 Å². The van der Waals surface area contributed by atoms with E-state index in [0.717, 1.165) is 0 Å². The van der Waals surface area contributed by atoms with E-state index < -0.39 is 0 Å². The van der Waals surface area contributed by atoms with Crippen LogP contribution in [0.3, 0.4) is 0 Å². The van der Waals surface area contributed by atoms with Gasteiger partial charge in [-0.3, -0.25) is 4.79 Å². The number of carbonyl (C=O) groups is 1. The van der Waals surface area contributed by atoms with E-state index >= 15 is 0 Å². The molecule has 0 aliphatic heterocycles. The van der Waals surface area contributed by atoms with Crippen LogP contribution < -0.4 is 10.1 Å². The Balaban J connectivity index is 1.90. The minimum atomic E-state index is -0.343. The molecule has 0 aliphatic rings. The molecule has 0 bridgehead atoms. The van der Waals surface area contributed by atoms with Gasteiger partial charge in [-0.2, -0.15) is 0 Å². The molecular weight excluding hydrogens is 396 g/mol. The third kappa shape index (κ3) is 4.35. The van der Waals surface area contributed by atoms with Crippen molar-refractivity contribution in [1.82, 2.24) is 0 Å². The quantitative estimate of drug-likeness (QED) is 0.778. The number of rotatable bonds is 4. The van der Waals surface area contributed by atoms with Crippen molar-refractivity contribution in [3.63, 3.8) is 0 Å². The van der Waals surface area contributed by atoms with E-state index in [9.17, 15) is 9.18 Å². The van der Waals surface area contributed by atoms with Crippen molar-refractivity contribution in [2.24, 2.45) is 0 Å². The van der Waals surface area contributed by atoms with E-state index in [1.807, 2.05) is 22.6 Å². The van der Waals surface area contributed by atoms with E-state index in [0.29, 0.717) is 20.0 Å². The third-order valence-electron chi connectivity index (χ3n) is 2.39. The van der Waals surface area contributed by atoms with Crippen LogP contribution in [0.5, 0.6) is 5.75 Å². The Hall–Kier alpha value is -1.34. The Kier molecular flexibility index (Phi) is 5.19. The van der Waals surface area contributed by atoms with Gasteiger partial charge in [-0.05, 0) is 65.1 Å². The fraction of sp³-hybridized carbons (Fsp3) is 0.0714. The third-order valence-corrected chi connectivity index (χ3v) is 3.53. The summed E-state index contributed by atoms with van der Waals surface area (Å²) in [7, 11) is 0. The maximum Gasteiger partial charge on any atom is 0.262 e. The van der Waals surface area contributed by atoms with Crippen LogP contribution in [0, 0.1) is 9.39 Å². The highest BCUT2D eigenvalue weighted by Gasteiger charge is 2.07. The second-order valence-corrected chi connectivity index (χ2v) is 5.51. The summed E-state index contributed by atoms with van der Waals surface area (Å²) in [5.41, 5.74) is 0.553. The molecule has 2 rings (SSSR count). The maximum atomic E-state index is 12.9. The zero-order valence-electron chi connectivity index (χ0n) is 10.2. The topological polar surface area (TPSA) is 38.3 Å². The molecular formula is C14H10ClFINO2. The Morgan fingerprint density at radius 2 is 1.95 bits per heavy atom. The van der Waals surface area contributed by atoms with E-state index in [2.05, 4.69) is 5.32 Å². The second-order valence-electron chi connectivity index (χ2n) is 3.91. The van der Waals surface area contributed by atoms with Crippen molar-refractivity contribution in [3.05, 3.63) is 56.9 Å². The highest BCUT2D eigenvalue weighted by Crippen LogP contribution is 2.19. The normalized spacial score (nSPS) is 10.2. The van der Waals surface area contributed by atoms with E-state index in [1.165, 1.54) is 18.2 Å². The lowest BCUT2D eigenvalue weighted by molar-refractivity contribution is -0.118. The van der Waals surface area contributed by atoms with E-state index in [-0.39, 0.29) is 18.3 Å². The fourth-order valence-electron chi connectivity index (χ4n) is 1.46. The van der Waals surface area contributed by atoms with Crippen LogP contribution in [-0.2, 0) is 4.79 Å². The summed E-state index contributed by atoms with van der Waals surface area (Å²) >= 11 is 7.70. The molecule has 6 heteroatoms. The lowest BCUT2D eigenvalue weighted by atomic mass is 10.3. The lowest BCUT2D eigenvalue weighted by Crippen LogP contribution is -2.20. The summed E-state index contributed by atoms with van der Waals surface area (Å²) in [6, 6.07) is 10.9. The average molecular weight is 406 g/mol. The van der Waals surface area contributed by atoms with Gasteiger partial charge in [0.05, 0.1) is 5.69 Å². The van der Waals surface area contributed by atoms with Crippen molar-refractivity contribution < 1.29 is 13.9 Å². The zero-order chi connectivity index (χ0) is 14.5. The van der Waals surface area contributed by atoms with Crippen molar-refractivity contribution in [2.45, 2.75) is 0 Å². The second kappa shape index (κ2) is 6.90. The predicted octanol–water partition coefficient (Wildman–Crippen LogP) is 4.10. The van der Waals surface area contributed by atoms with Crippen LogP contribution in [0.4, 0.5) is 10.1 Å². The van der Waals surface area contributed by atoms with Gasteiger partial charge in [0.2, 0.25) is 0 Å². The average Bonchev–Trinajstić information content (AvgIpc) is 2.41. The summed E-state index contributed by atoms with van der Waals surface area (Å²) in [4.78, 5) is 11.7. The van der Waals surface area contributed by atoms with Gasteiger partial charge in [0, 0.05) is 8.59 Å². The summed E-state index contributed by atoms with van der Waals surface area (Å²) in [5.74, 6) is -0.104. The Morgan fingerprint density at radius 1 is 1.25 bits per heavy atom. The molecule has 20 heavy (non-hydrogen) atoms. The highest BCUT2D eigenvalue weighted by molar-refractivity contribution is 14.1. The summed E-state index contributed by atoms with van der Waals surface area (Å²) in [6.45, 7) is -0.130. The van der Waals surface area contributed by atoms with E-state index in [1.54, 1.807) is 24.3 Å². The minimum absolute atomic E-state index is 0.130. The molecule has 0 fully saturated rings. The fourth-order valence-corrected chi connectivity index (χ4v) is 2.19. The van der Waals surface area contributed by atoms with Crippen molar-refractivity contribution in [1.29, 1.82) is 0 Å². The molecule has 1 N–H and O–H groups in total. The number of benzene rings is 2. The molecule has 3 nitrogen and oxygen atoms in total. The molecule has 0 radical (unpaired) electrons.